The predicted octanol–water partition coefficient (Wildman–Crippen LogP) is 4.98. The lowest BCUT2D eigenvalue weighted by Crippen LogP contribution is -2.44. The van der Waals surface area contributed by atoms with Crippen molar-refractivity contribution < 1.29 is 0 Å². The molecular formula is C28H30ClN7O. The van der Waals surface area contributed by atoms with Gasteiger partial charge >= 0.3 is 0 Å². The Kier molecular flexibility index (Phi) is 6.52. The Morgan fingerprint density at radius 2 is 1.70 bits per heavy atom. The highest BCUT2D eigenvalue weighted by Crippen LogP contribution is 2.36. The number of fused-ring (bicyclic) bond motifs is 1. The van der Waals surface area contributed by atoms with Gasteiger partial charge in [0.1, 0.15) is 5.52 Å². The fourth-order valence-corrected chi connectivity index (χ4v) is 5.53. The fraction of sp³-hybridized carbons (Fsp3) is 0.357. The monoisotopic (exact) mass is 515 g/mol. The Labute approximate surface area is 220 Å². The Balaban J connectivity index is 1.34. The number of aromatic nitrogens is 4. The van der Waals surface area contributed by atoms with E-state index >= 15 is 0 Å². The minimum absolute atomic E-state index is 0.252. The number of piperazine rings is 1. The van der Waals surface area contributed by atoms with Crippen molar-refractivity contribution >= 4 is 39.8 Å². The van der Waals surface area contributed by atoms with E-state index in [1.54, 1.807) is 12.3 Å². The number of hydrogen-bond donors (Lipinski definition) is 1. The van der Waals surface area contributed by atoms with E-state index in [-0.39, 0.29) is 11.5 Å². The van der Waals surface area contributed by atoms with Crippen molar-refractivity contribution in [3.63, 3.8) is 0 Å². The summed E-state index contributed by atoms with van der Waals surface area (Å²) in [6.07, 6.45) is 5.97. The third-order valence-corrected chi connectivity index (χ3v) is 7.80. The van der Waals surface area contributed by atoms with Crippen molar-refractivity contribution in [1.82, 2.24) is 24.6 Å². The maximum absolute atomic E-state index is 13.5. The third kappa shape index (κ3) is 4.79. The molecule has 0 spiro atoms. The molecule has 0 atom stereocenters. The van der Waals surface area contributed by atoms with Crippen LogP contribution >= 0.6 is 11.6 Å². The summed E-state index contributed by atoms with van der Waals surface area (Å²) >= 11 is 6.43. The molecule has 2 fully saturated rings. The molecule has 190 valence electrons. The van der Waals surface area contributed by atoms with E-state index in [9.17, 15) is 4.79 Å². The highest BCUT2D eigenvalue weighted by Gasteiger charge is 2.25. The molecule has 1 saturated heterocycles. The van der Waals surface area contributed by atoms with Gasteiger partial charge in [0, 0.05) is 49.7 Å². The second-order valence-electron chi connectivity index (χ2n) is 9.95. The Morgan fingerprint density at radius 1 is 0.973 bits per heavy atom. The van der Waals surface area contributed by atoms with Crippen molar-refractivity contribution in [2.24, 2.45) is 0 Å². The van der Waals surface area contributed by atoms with Crippen molar-refractivity contribution in [1.29, 1.82) is 0 Å². The quantitative estimate of drug-likeness (QED) is 0.401. The average molecular weight is 516 g/mol. The molecule has 8 nitrogen and oxygen atoms in total. The summed E-state index contributed by atoms with van der Waals surface area (Å²) in [6.45, 7) is 4.19. The summed E-state index contributed by atoms with van der Waals surface area (Å²) in [6, 6.07) is 15.6. The smallest absolute Gasteiger partial charge is 0.282 e. The summed E-state index contributed by atoms with van der Waals surface area (Å²) in [7, 11) is 2.16. The summed E-state index contributed by atoms with van der Waals surface area (Å²) in [5, 5.41) is 9.07. The topological polar surface area (TPSA) is 79.2 Å². The molecule has 9 heteroatoms. The zero-order chi connectivity index (χ0) is 25.4. The number of rotatable bonds is 5. The summed E-state index contributed by atoms with van der Waals surface area (Å²) in [5.41, 5.74) is 3.86. The van der Waals surface area contributed by atoms with Crippen molar-refractivity contribution in [2.45, 2.75) is 31.6 Å². The number of benzene rings is 2. The molecule has 1 aliphatic carbocycles. The van der Waals surface area contributed by atoms with Crippen LogP contribution in [0.5, 0.6) is 0 Å². The molecule has 6 rings (SSSR count). The molecule has 0 bridgehead atoms. The summed E-state index contributed by atoms with van der Waals surface area (Å²) < 4.78 is 1.41. The molecule has 2 aromatic heterocycles. The zero-order valence-electron chi connectivity index (χ0n) is 20.9. The van der Waals surface area contributed by atoms with E-state index in [2.05, 4.69) is 39.3 Å². The Bertz CT molecular complexity index is 1470. The van der Waals surface area contributed by atoms with E-state index in [1.807, 2.05) is 30.3 Å². The average Bonchev–Trinajstić information content (AvgIpc) is 3.45. The van der Waals surface area contributed by atoms with Crippen LogP contribution in [0.3, 0.4) is 0 Å². The normalized spacial score (nSPS) is 17.0. The van der Waals surface area contributed by atoms with Gasteiger partial charge in [-0.25, -0.2) is 9.97 Å². The molecule has 3 heterocycles. The van der Waals surface area contributed by atoms with Gasteiger partial charge in [0.15, 0.2) is 0 Å². The standard InChI is InChI=1S/C28H30ClN7O/c1-34-14-16-35(17-15-34)21-12-10-20(11-13-21)31-28-30-18-22-26(32-28)25(19-6-2-3-7-19)33-36(27(22)37)24-9-5-4-8-23(24)29/h4-5,8-13,18-19H,2-3,6-7,14-17H2,1H3,(H,30,31,32). The first-order valence-electron chi connectivity index (χ1n) is 12.9. The van der Waals surface area contributed by atoms with Crippen LogP contribution in [0.4, 0.5) is 17.3 Å². The van der Waals surface area contributed by atoms with Crippen LogP contribution in [0.2, 0.25) is 5.02 Å². The van der Waals surface area contributed by atoms with E-state index < -0.39 is 0 Å². The molecule has 1 saturated carbocycles. The number of nitrogens with one attached hydrogen (secondary N) is 1. The molecule has 2 aromatic carbocycles. The van der Waals surface area contributed by atoms with Gasteiger partial charge in [-0.1, -0.05) is 36.6 Å². The first-order chi connectivity index (χ1) is 18.1. The van der Waals surface area contributed by atoms with Crippen LogP contribution in [0.25, 0.3) is 16.6 Å². The second kappa shape index (κ2) is 10.1. The van der Waals surface area contributed by atoms with Crippen LogP contribution < -0.4 is 15.8 Å². The Morgan fingerprint density at radius 3 is 2.43 bits per heavy atom. The van der Waals surface area contributed by atoms with E-state index in [1.165, 1.54) is 10.4 Å². The molecule has 4 aromatic rings. The van der Waals surface area contributed by atoms with Gasteiger partial charge < -0.3 is 15.1 Å². The Hall–Kier alpha value is -3.49. The van der Waals surface area contributed by atoms with Crippen molar-refractivity contribution in [3.05, 3.63) is 75.8 Å². The minimum Gasteiger partial charge on any atom is -0.369 e. The lowest BCUT2D eigenvalue weighted by atomic mass is 10.0. The second-order valence-corrected chi connectivity index (χ2v) is 10.4. The first kappa shape index (κ1) is 23.9. The number of anilines is 3. The van der Waals surface area contributed by atoms with Crippen molar-refractivity contribution in [3.8, 4) is 5.69 Å². The summed E-state index contributed by atoms with van der Waals surface area (Å²) in [4.78, 5) is 27.5. The van der Waals surface area contributed by atoms with Gasteiger partial charge in [0.2, 0.25) is 5.95 Å². The highest BCUT2D eigenvalue weighted by molar-refractivity contribution is 6.32. The molecule has 0 amide bonds. The van der Waals surface area contributed by atoms with Gasteiger partial charge in [-0.15, -0.1) is 0 Å². The zero-order valence-corrected chi connectivity index (χ0v) is 21.7. The number of halogens is 1. The lowest BCUT2D eigenvalue weighted by molar-refractivity contribution is 0.313. The first-order valence-corrected chi connectivity index (χ1v) is 13.3. The number of hydrogen-bond acceptors (Lipinski definition) is 7. The van der Waals surface area contributed by atoms with Crippen molar-refractivity contribution in [2.75, 3.05) is 43.4 Å². The van der Waals surface area contributed by atoms with Gasteiger partial charge in [-0.3, -0.25) is 4.79 Å². The minimum atomic E-state index is -0.270. The van der Waals surface area contributed by atoms with Crippen LogP contribution in [0, 0.1) is 0 Å². The fourth-order valence-electron chi connectivity index (χ4n) is 5.32. The largest absolute Gasteiger partial charge is 0.369 e. The maximum atomic E-state index is 13.5. The molecule has 1 N–H and O–H groups in total. The molecule has 37 heavy (non-hydrogen) atoms. The van der Waals surface area contributed by atoms with E-state index in [4.69, 9.17) is 21.7 Å². The highest BCUT2D eigenvalue weighted by atomic mass is 35.5. The maximum Gasteiger partial charge on any atom is 0.282 e. The molecular weight excluding hydrogens is 486 g/mol. The van der Waals surface area contributed by atoms with Crippen LogP contribution in [-0.4, -0.2) is 57.9 Å². The number of para-hydroxylation sites is 1. The van der Waals surface area contributed by atoms with E-state index in [0.717, 1.165) is 63.2 Å². The van der Waals surface area contributed by atoms with Gasteiger partial charge in [0.25, 0.3) is 5.56 Å². The third-order valence-electron chi connectivity index (χ3n) is 7.48. The molecule has 0 unspecified atom stereocenters. The van der Waals surface area contributed by atoms with Gasteiger partial charge in [-0.2, -0.15) is 9.78 Å². The van der Waals surface area contributed by atoms with Gasteiger partial charge in [-0.05, 0) is 56.3 Å². The number of nitrogens with zero attached hydrogens (tertiary/aromatic N) is 6. The summed E-state index contributed by atoms with van der Waals surface area (Å²) in [5.74, 6) is 0.707. The van der Waals surface area contributed by atoms with Gasteiger partial charge in [0.05, 0.1) is 21.8 Å². The SMILES string of the molecule is CN1CCN(c2ccc(Nc3ncc4c(=O)n(-c5ccccc5Cl)nc(C5CCCC5)c4n3)cc2)CC1. The molecule has 2 aliphatic rings. The molecule has 0 radical (unpaired) electrons. The van der Waals surface area contributed by atoms with E-state index in [0.29, 0.717) is 27.6 Å². The molecule has 1 aliphatic heterocycles. The number of likely N-dealkylation sites (N-methyl/N-ethyl adjacent to an activating group) is 1. The predicted molar refractivity (Wildman–Crippen MR) is 149 cm³/mol. The lowest BCUT2D eigenvalue weighted by Gasteiger charge is -2.34. The van der Waals surface area contributed by atoms with Crippen LogP contribution in [0.1, 0.15) is 37.3 Å². The van der Waals surface area contributed by atoms with Crippen LogP contribution in [0.15, 0.2) is 59.5 Å². The van der Waals surface area contributed by atoms with Crippen LogP contribution in [-0.2, 0) is 0 Å².